The summed E-state index contributed by atoms with van der Waals surface area (Å²) < 4.78 is 23.9. The van der Waals surface area contributed by atoms with Crippen LogP contribution in [0.4, 0.5) is 0 Å². The Kier molecular flexibility index (Phi) is 2.93. The number of hydrogen-bond acceptors (Lipinski definition) is 4. The molecular weight excluding hydrogens is 252 g/mol. The Morgan fingerprint density at radius 1 is 1.17 bits per heavy atom. The fraction of sp³-hybridized carbons (Fsp3) is 0.833. The highest BCUT2D eigenvalue weighted by molar-refractivity contribution is 7.94. The molecule has 0 radical (unpaired) electrons. The number of nitriles is 1. The third-order valence-corrected chi connectivity index (χ3v) is 6.57. The normalized spacial score (nSPS) is 28.9. The van der Waals surface area contributed by atoms with Crippen LogP contribution < -0.4 is 0 Å². The predicted octanol–water partition coefficient (Wildman–Crippen LogP) is 1.55. The van der Waals surface area contributed by atoms with Gasteiger partial charge in [0.15, 0.2) is 4.75 Å². The van der Waals surface area contributed by atoms with Gasteiger partial charge in [-0.05, 0) is 39.5 Å². The van der Waals surface area contributed by atoms with Crippen molar-refractivity contribution in [3.05, 3.63) is 0 Å². The summed E-state index contributed by atoms with van der Waals surface area (Å²) in [7, 11) is -3.67. The minimum atomic E-state index is -3.67. The lowest BCUT2D eigenvalue weighted by molar-refractivity contribution is -0.136. The molecule has 5 nitrogen and oxygen atoms in total. The van der Waals surface area contributed by atoms with Crippen LogP contribution in [0.1, 0.15) is 52.4 Å². The summed E-state index contributed by atoms with van der Waals surface area (Å²) in [6, 6.07) is 2.11. The zero-order valence-electron chi connectivity index (χ0n) is 10.8. The first-order valence-corrected chi connectivity index (χ1v) is 7.74. The van der Waals surface area contributed by atoms with Crippen molar-refractivity contribution >= 4 is 15.9 Å². The molecule has 1 aliphatic carbocycles. The van der Waals surface area contributed by atoms with Gasteiger partial charge >= 0.3 is 0 Å². The van der Waals surface area contributed by atoms with Gasteiger partial charge in [0, 0.05) is 0 Å². The third kappa shape index (κ3) is 1.50. The maximum atomic E-state index is 12.2. The molecule has 2 fully saturated rings. The molecule has 0 aromatic heterocycles. The van der Waals surface area contributed by atoms with Gasteiger partial charge in [0.2, 0.25) is 0 Å². The Hall–Kier alpha value is -1.09. The van der Waals surface area contributed by atoms with Crippen LogP contribution in [0.3, 0.4) is 0 Å². The second-order valence-electron chi connectivity index (χ2n) is 5.64. The van der Waals surface area contributed by atoms with E-state index in [1.165, 1.54) is 13.8 Å². The van der Waals surface area contributed by atoms with Gasteiger partial charge in [-0.2, -0.15) is 5.26 Å². The molecular formula is C12H18N2O3S. The number of carbonyl (C=O) groups excluding carboxylic acids is 1. The number of amides is 1. The molecule has 2 aliphatic rings. The quantitative estimate of drug-likeness (QED) is 0.677. The Balaban J connectivity index is 2.42. The molecule has 6 heteroatoms. The van der Waals surface area contributed by atoms with E-state index in [2.05, 4.69) is 6.07 Å². The number of hydrogen-bond donors (Lipinski definition) is 0. The average Bonchev–Trinajstić information content (AvgIpc) is 2.55. The Morgan fingerprint density at radius 2 is 1.67 bits per heavy atom. The zero-order valence-corrected chi connectivity index (χ0v) is 11.6. The summed E-state index contributed by atoms with van der Waals surface area (Å²) in [6.07, 6.45) is 4.51. The minimum absolute atomic E-state index is 0.439. The standard InChI is InChI=1S/C12H18N2O3S/c1-11(2)10(15)14(18(11,16)17)12(9-13)7-5-3-4-6-8-12/h3-8H2,1-2H3. The molecule has 1 saturated heterocycles. The molecule has 0 aromatic rings. The Bertz CT molecular complexity index is 508. The molecule has 1 amide bonds. The van der Waals surface area contributed by atoms with Gasteiger partial charge in [-0.25, -0.2) is 12.7 Å². The summed E-state index contributed by atoms with van der Waals surface area (Å²) in [6.45, 7) is 2.81. The molecule has 1 heterocycles. The van der Waals surface area contributed by atoms with Crippen molar-refractivity contribution in [2.45, 2.75) is 62.7 Å². The van der Waals surface area contributed by atoms with Crippen LogP contribution in [-0.2, 0) is 14.8 Å². The fourth-order valence-electron chi connectivity index (χ4n) is 2.75. The van der Waals surface area contributed by atoms with E-state index < -0.39 is 26.2 Å². The smallest absolute Gasteiger partial charge is 0.260 e. The summed E-state index contributed by atoms with van der Waals surface area (Å²) in [5, 5.41) is 9.41. The van der Waals surface area contributed by atoms with Crippen molar-refractivity contribution in [2.75, 3.05) is 0 Å². The number of sulfonamides is 1. The van der Waals surface area contributed by atoms with E-state index in [1.54, 1.807) is 0 Å². The van der Waals surface area contributed by atoms with E-state index in [1.807, 2.05) is 0 Å². The molecule has 0 aromatic carbocycles. The van der Waals surface area contributed by atoms with Crippen LogP contribution in [0.2, 0.25) is 0 Å². The molecule has 2 rings (SSSR count). The van der Waals surface area contributed by atoms with E-state index in [-0.39, 0.29) is 0 Å². The Morgan fingerprint density at radius 3 is 2.06 bits per heavy atom. The van der Waals surface area contributed by atoms with Gasteiger partial charge < -0.3 is 0 Å². The first-order chi connectivity index (χ1) is 8.29. The van der Waals surface area contributed by atoms with Crippen LogP contribution in [0, 0.1) is 11.3 Å². The molecule has 0 unspecified atom stereocenters. The van der Waals surface area contributed by atoms with Crippen molar-refractivity contribution in [3.8, 4) is 6.07 Å². The molecule has 0 N–H and O–H groups in total. The lowest BCUT2D eigenvalue weighted by Gasteiger charge is -2.50. The van der Waals surface area contributed by atoms with Crippen molar-refractivity contribution < 1.29 is 13.2 Å². The van der Waals surface area contributed by atoms with Crippen molar-refractivity contribution in [3.63, 3.8) is 0 Å². The second kappa shape index (κ2) is 3.95. The highest BCUT2D eigenvalue weighted by atomic mass is 32.2. The number of carbonyl (C=O) groups is 1. The summed E-state index contributed by atoms with van der Waals surface area (Å²) in [5.41, 5.74) is -1.14. The molecule has 100 valence electrons. The van der Waals surface area contributed by atoms with Gasteiger partial charge in [0.05, 0.1) is 6.07 Å². The van der Waals surface area contributed by atoms with Gasteiger partial charge in [0.25, 0.3) is 15.9 Å². The maximum absolute atomic E-state index is 12.2. The van der Waals surface area contributed by atoms with E-state index in [9.17, 15) is 18.5 Å². The van der Waals surface area contributed by atoms with Crippen LogP contribution in [-0.4, -0.2) is 28.9 Å². The predicted molar refractivity (Wildman–Crippen MR) is 65.9 cm³/mol. The zero-order chi connectivity index (χ0) is 13.6. The van der Waals surface area contributed by atoms with Crippen molar-refractivity contribution in [1.29, 1.82) is 5.26 Å². The third-order valence-electron chi connectivity index (χ3n) is 4.11. The summed E-state index contributed by atoms with van der Waals surface area (Å²) >= 11 is 0. The fourth-order valence-corrected chi connectivity index (χ4v) is 4.52. The first kappa shape index (κ1) is 13.3. The summed E-state index contributed by atoms with van der Waals surface area (Å²) in [4.78, 5) is 12.1. The lowest BCUT2D eigenvalue weighted by atomic mass is 9.90. The maximum Gasteiger partial charge on any atom is 0.260 e. The van der Waals surface area contributed by atoms with Gasteiger partial charge in [0.1, 0.15) is 5.54 Å². The largest absolute Gasteiger partial charge is 0.272 e. The highest BCUT2D eigenvalue weighted by Gasteiger charge is 2.66. The second-order valence-corrected chi connectivity index (χ2v) is 7.98. The molecule has 1 saturated carbocycles. The number of rotatable bonds is 1. The molecule has 1 aliphatic heterocycles. The van der Waals surface area contributed by atoms with Gasteiger partial charge in [-0.1, -0.05) is 12.8 Å². The van der Waals surface area contributed by atoms with E-state index in [0.717, 1.165) is 30.0 Å². The monoisotopic (exact) mass is 270 g/mol. The molecule has 0 atom stereocenters. The average molecular weight is 270 g/mol. The van der Waals surface area contributed by atoms with E-state index in [0.29, 0.717) is 12.8 Å². The summed E-state index contributed by atoms with van der Waals surface area (Å²) in [5.74, 6) is -0.439. The van der Waals surface area contributed by atoms with Crippen LogP contribution >= 0.6 is 0 Å². The lowest BCUT2D eigenvalue weighted by Crippen LogP contribution is -2.73. The van der Waals surface area contributed by atoms with Gasteiger partial charge in [-0.15, -0.1) is 0 Å². The van der Waals surface area contributed by atoms with E-state index >= 15 is 0 Å². The van der Waals surface area contributed by atoms with E-state index in [4.69, 9.17) is 0 Å². The molecule has 0 spiro atoms. The van der Waals surface area contributed by atoms with Crippen LogP contribution in [0.5, 0.6) is 0 Å². The van der Waals surface area contributed by atoms with Crippen molar-refractivity contribution in [1.82, 2.24) is 4.31 Å². The first-order valence-electron chi connectivity index (χ1n) is 6.30. The Labute approximate surface area is 108 Å². The minimum Gasteiger partial charge on any atom is -0.272 e. The SMILES string of the molecule is CC1(C)C(=O)N(C2(C#N)CCCCCC2)S1(=O)=O. The number of nitrogens with zero attached hydrogens (tertiary/aromatic N) is 2. The highest BCUT2D eigenvalue weighted by Crippen LogP contribution is 2.45. The molecule has 18 heavy (non-hydrogen) atoms. The van der Waals surface area contributed by atoms with Crippen LogP contribution in [0.25, 0.3) is 0 Å². The van der Waals surface area contributed by atoms with Gasteiger partial charge in [-0.3, -0.25) is 4.79 Å². The molecule has 0 bridgehead atoms. The topological polar surface area (TPSA) is 78.2 Å². The van der Waals surface area contributed by atoms with Crippen LogP contribution in [0.15, 0.2) is 0 Å². The van der Waals surface area contributed by atoms with Crippen molar-refractivity contribution in [2.24, 2.45) is 0 Å².